The third-order valence-corrected chi connectivity index (χ3v) is 8.83. The van der Waals surface area contributed by atoms with Gasteiger partial charge in [-0.1, -0.05) is 6.07 Å². The van der Waals surface area contributed by atoms with Gasteiger partial charge < -0.3 is 30.2 Å². The second kappa shape index (κ2) is 17.3. The molecule has 236 valence electrons. The normalized spacial score (nSPS) is 14.6. The number of hydrogen-bond donors (Lipinski definition) is 3. The predicted molar refractivity (Wildman–Crippen MR) is 170 cm³/mol. The number of nitrogens with zero attached hydrogens (tertiary/aromatic N) is 5. The summed E-state index contributed by atoms with van der Waals surface area (Å²) in [5, 5.41) is 6.27. The molecule has 0 aliphatic heterocycles. The van der Waals surface area contributed by atoms with Crippen LogP contribution in [0.4, 0.5) is 10.5 Å². The number of urea groups is 1. The van der Waals surface area contributed by atoms with Crippen LogP contribution in [0.1, 0.15) is 35.1 Å². The van der Waals surface area contributed by atoms with E-state index in [0.717, 1.165) is 70.4 Å². The summed E-state index contributed by atoms with van der Waals surface area (Å²) in [4.78, 5) is 21.0. The van der Waals surface area contributed by atoms with Crippen molar-refractivity contribution in [2.24, 2.45) is 0 Å². The van der Waals surface area contributed by atoms with Crippen molar-refractivity contribution in [2.45, 2.75) is 38.5 Å². The van der Waals surface area contributed by atoms with E-state index in [9.17, 15) is 13.2 Å². The lowest BCUT2D eigenvalue weighted by atomic mass is 9.99. The molecule has 0 unspecified atom stereocenters. The number of nitrogens with one attached hydrogen (secondary N) is 3. The Morgan fingerprint density at radius 3 is 1.54 bits per heavy atom. The fraction of sp³-hybridized carbons (Fsp3) is 0.759. The summed E-state index contributed by atoms with van der Waals surface area (Å²) in [7, 11) is 12.0. The molecule has 11 nitrogen and oxygen atoms in total. The van der Waals surface area contributed by atoms with E-state index in [1.807, 2.05) is 38.0 Å². The minimum absolute atomic E-state index is 0.319. The molecule has 2 aliphatic rings. The van der Waals surface area contributed by atoms with E-state index >= 15 is 0 Å². The number of aryl methyl sites for hydroxylation is 2. The van der Waals surface area contributed by atoms with Crippen molar-refractivity contribution in [3.63, 3.8) is 0 Å². The third kappa shape index (κ3) is 12.5. The van der Waals surface area contributed by atoms with Crippen molar-refractivity contribution in [1.82, 2.24) is 33.9 Å². The van der Waals surface area contributed by atoms with Crippen LogP contribution in [-0.4, -0.2) is 147 Å². The van der Waals surface area contributed by atoms with Crippen molar-refractivity contribution < 1.29 is 13.2 Å². The molecule has 0 bridgehead atoms. The standard InChI is InChI=1S/C21H35N5O3S.C8H21N3/c1-24(2)11-13-26(14-12-25(3)4)30(28,29)23-21(27)22-20-18-9-5-7-16(18)15-17-8-6-10-19(17)20;1-10(2)7-5-9-6-8-11(3)4/h15H,5-14H2,1-4H3,(H2,22,23,27);9H,5-8H2,1-4H3. The molecule has 0 radical (unpaired) electrons. The molecule has 1 aromatic rings. The Morgan fingerprint density at radius 1 is 0.683 bits per heavy atom. The molecule has 0 aromatic heterocycles. The SMILES string of the molecule is CN(C)CCN(CCN(C)C)S(=O)(=O)NC(=O)Nc1c2c(cc3c1CCC3)CCC2.CN(C)CCNCCN(C)C. The average Bonchev–Trinajstić information content (AvgIpc) is 3.52. The molecule has 3 N–H and O–H groups in total. The Kier molecular flexibility index (Phi) is 15.0. The first-order chi connectivity index (χ1) is 19.3. The Hall–Kier alpha value is -1.80. The lowest BCUT2D eigenvalue weighted by Gasteiger charge is -2.25. The lowest BCUT2D eigenvalue weighted by molar-refractivity contribution is 0.254. The van der Waals surface area contributed by atoms with Crippen LogP contribution in [0, 0.1) is 0 Å². The van der Waals surface area contributed by atoms with Crippen LogP contribution in [0.25, 0.3) is 0 Å². The first-order valence-electron chi connectivity index (χ1n) is 14.8. The van der Waals surface area contributed by atoms with Crippen LogP contribution in [0.2, 0.25) is 0 Å². The Bertz CT molecular complexity index is 1010. The minimum Gasteiger partial charge on any atom is -0.314 e. The van der Waals surface area contributed by atoms with E-state index in [-0.39, 0.29) is 0 Å². The number of carbonyl (C=O) groups excluding carboxylic acids is 1. The van der Waals surface area contributed by atoms with Crippen molar-refractivity contribution >= 4 is 21.9 Å². The van der Waals surface area contributed by atoms with E-state index in [2.05, 4.69) is 59.4 Å². The van der Waals surface area contributed by atoms with Crippen LogP contribution in [0.5, 0.6) is 0 Å². The highest BCUT2D eigenvalue weighted by Crippen LogP contribution is 2.38. The zero-order valence-corrected chi connectivity index (χ0v) is 27.7. The van der Waals surface area contributed by atoms with Crippen LogP contribution >= 0.6 is 0 Å². The number of anilines is 1. The molecule has 3 rings (SSSR count). The highest BCUT2D eigenvalue weighted by atomic mass is 32.2. The Balaban J connectivity index is 0.000000454. The minimum atomic E-state index is -3.94. The molecule has 41 heavy (non-hydrogen) atoms. The topological polar surface area (TPSA) is 104 Å². The quantitative estimate of drug-likeness (QED) is 0.259. The fourth-order valence-corrected chi connectivity index (χ4v) is 6.05. The van der Waals surface area contributed by atoms with Gasteiger partial charge in [-0.05, 0) is 117 Å². The Morgan fingerprint density at radius 2 is 1.12 bits per heavy atom. The van der Waals surface area contributed by atoms with E-state index < -0.39 is 16.2 Å². The summed E-state index contributed by atoms with van der Waals surface area (Å²) in [6.07, 6.45) is 6.08. The van der Waals surface area contributed by atoms with Gasteiger partial charge in [0.25, 0.3) is 0 Å². The predicted octanol–water partition coefficient (Wildman–Crippen LogP) is 1.15. The summed E-state index contributed by atoms with van der Waals surface area (Å²) in [6, 6.07) is 1.61. The maximum Gasteiger partial charge on any atom is 0.333 e. The molecular formula is C29H56N8O3S. The van der Waals surface area contributed by atoms with Crippen molar-refractivity contribution in [3.8, 4) is 0 Å². The number of amides is 2. The second-order valence-corrected chi connectivity index (χ2v) is 13.8. The highest BCUT2D eigenvalue weighted by Gasteiger charge is 2.28. The Labute approximate surface area is 249 Å². The first kappa shape index (κ1) is 35.4. The molecule has 0 saturated carbocycles. The monoisotopic (exact) mass is 596 g/mol. The third-order valence-electron chi connectivity index (χ3n) is 7.34. The number of carbonyl (C=O) groups is 1. The molecule has 0 spiro atoms. The molecule has 12 heteroatoms. The molecule has 2 aliphatic carbocycles. The van der Waals surface area contributed by atoms with Crippen LogP contribution in [0.3, 0.4) is 0 Å². The largest absolute Gasteiger partial charge is 0.333 e. The molecule has 0 atom stereocenters. The van der Waals surface area contributed by atoms with Gasteiger partial charge in [0.05, 0.1) is 0 Å². The molecule has 2 amide bonds. The second-order valence-electron chi connectivity index (χ2n) is 12.2. The molecule has 0 fully saturated rings. The highest BCUT2D eigenvalue weighted by molar-refractivity contribution is 7.87. The van der Waals surface area contributed by atoms with E-state index in [0.29, 0.717) is 26.2 Å². The molecule has 0 heterocycles. The van der Waals surface area contributed by atoms with Gasteiger partial charge in [-0.15, -0.1) is 0 Å². The van der Waals surface area contributed by atoms with Crippen molar-refractivity contribution in [2.75, 3.05) is 114 Å². The van der Waals surface area contributed by atoms with Gasteiger partial charge in [0.15, 0.2) is 0 Å². The van der Waals surface area contributed by atoms with Crippen LogP contribution < -0.4 is 15.4 Å². The first-order valence-corrected chi connectivity index (χ1v) is 16.3. The summed E-state index contributed by atoms with van der Waals surface area (Å²) in [5.41, 5.74) is 5.80. The maximum absolute atomic E-state index is 12.9. The van der Waals surface area contributed by atoms with Crippen molar-refractivity contribution in [1.29, 1.82) is 0 Å². The van der Waals surface area contributed by atoms with Crippen LogP contribution in [-0.2, 0) is 35.9 Å². The van der Waals surface area contributed by atoms with Gasteiger partial charge >= 0.3 is 16.2 Å². The summed E-state index contributed by atoms with van der Waals surface area (Å²) in [6.45, 7) is 6.20. The van der Waals surface area contributed by atoms with Gasteiger partial charge in [-0.3, -0.25) is 0 Å². The number of hydrogen-bond acceptors (Lipinski definition) is 8. The van der Waals surface area contributed by atoms with E-state index in [1.54, 1.807) is 0 Å². The van der Waals surface area contributed by atoms with Gasteiger partial charge in [0, 0.05) is 58.0 Å². The molecular weight excluding hydrogens is 540 g/mol. The molecule has 0 saturated heterocycles. The van der Waals surface area contributed by atoms with Gasteiger partial charge in [0.1, 0.15) is 0 Å². The van der Waals surface area contributed by atoms with Gasteiger partial charge in [0.2, 0.25) is 0 Å². The number of rotatable bonds is 15. The van der Waals surface area contributed by atoms with Crippen molar-refractivity contribution in [3.05, 3.63) is 28.3 Å². The number of benzene rings is 1. The zero-order valence-electron chi connectivity index (χ0n) is 26.8. The zero-order chi connectivity index (χ0) is 30.6. The maximum atomic E-state index is 12.9. The summed E-state index contributed by atoms with van der Waals surface area (Å²) in [5.74, 6) is 0. The lowest BCUT2D eigenvalue weighted by Crippen LogP contribution is -2.49. The smallest absolute Gasteiger partial charge is 0.314 e. The number of likely N-dealkylation sites (N-methyl/N-ethyl adjacent to an activating group) is 4. The average molecular weight is 597 g/mol. The number of fused-ring (bicyclic) bond motifs is 2. The summed E-state index contributed by atoms with van der Waals surface area (Å²) >= 11 is 0. The van der Waals surface area contributed by atoms with Crippen LogP contribution in [0.15, 0.2) is 6.07 Å². The van der Waals surface area contributed by atoms with Gasteiger partial charge in [-0.2, -0.15) is 12.7 Å². The van der Waals surface area contributed by atoms with E-state index in [4.69, 9.17) is 0 Å². The summed E-state index contributed by atoms with van der Waals surface area (Å²) < 4.78 is 29.5. The van der Waals surface area contributed by atoms with E-state index in [1.165, 1.54) is 26.6 Å². The molecule has 1 aromatic carbocycles. The fourth-order valence-electron chi connectivity index (χ4n) is 4.99. The van der Waals surface area contributed by atoms with Gasteiger partial charge in [-0.25, -0.2) is 9.52 Å².